The van der Waals surface area contributed by atoms with Crippen LogP contribution in [0, 0.1) is 19.1 Å². The van der Waals surface area contributed by atoms with Crippen molar-refractivity contribution < 1.29 is 22.8 Å². The third kappa shape index (κ3) is 7.47. The molecule has 7 aromatic rings. The van der Waals surface area contributed by atoms with E-state index < -0.39 is 25.1 Å². The van der Waals surface area contributed by atoms with E-state index in [4.69, 9.17) is 2.74 Å². The van der Waals surface area contributed by atoms with Crippen molar-refractivity contribution in [3.8, 4) is 22.5 Å². The largest absolute Gasteiger partial charge is 0.305 e. The maximum absolute atomic E-state index is 8.39. The fourth-order valence-corrected chi connectivity index (χ4v) is 10.9. The van der Waals surface area contributed by atoms with E-state index in [-0.39, 0.29) is 20.1 Å². The molecule has 5 heteroatoms. The second kappa shape index (κ2) is 14.5. The summed E-state index contributed by atoms with van der Waals surface area (Å²) >= 11 is 0.00171. The van der Waals surface area contributed by atoms with Gasteiger partial charge in [0.2, 0.25) is 0 Å². The molecule has 0 aliphatic carbocycles. The molecular formula is C42H42GeIrN2S-2. The normalized spacial score (nSPS) is 12.7. The molecule has 0 atom stereocenters. The molecule has 241 valence electrons. The van der Waals surface area contributed by atoms with Gasteiger partial charge in [0.25, 0.3) is 0 Å². The van der Waals surface area contributed by atoms with Gasteiger partial charge in [0.1, 0.15) is 0 Å². The van der Waals surface area contributed by atoms with Crippen LogP contribution in [0.25, 0.3) is 53.5 Å². The number of thiophene rings is 1. The first kappa shape index (κ1) is 32.4. The number of nitrogens with zero attached hydrogens (tertiary/aromatic N) is 2. The van der Waals surface area contributed by atoms with E-state index in [2.05, 4.69) is 101 Å². The topological polar surface area (TPSA) is 25.8 Å². The van der Waals surface area contributed by atoms with Gasteiger partial charge < -0.3 is 4.98 Å². The number of rotatable bonds is 5. The van der Waals surface area contributed by atoms with Gasteiger partial charge >= 0.3 is 106 Å². The zero-order valence-electron chi connectivity index (χ0n) is 30.4. The van der Waals surface area contributed by atoms with Gasteiger partial charge in [0, 0.05) is 33.7 Å². The Labute approximate surface area is 303 Å². The Bertz CT molecular complexity index is 2260. The van der Waals surface area contributed by atoms with Crippen molar-refractivity contribution in [3.05, 3.63) is 126 Å². The van der Waals surface area contributed by atoms with Gasteiger partial charge in [-0.3, -0.25) is 0 Å². The van der Waals surface area contributed by atoms with Crippen LogP contribution in [0.15, 0.2) is 97.3 Å². The smallest absolute Gasteiger partial charge is 0.0347 e. The Morgan fingerprint density at radius 3 is 2.13 bits per heavy atom. The summed E-state index contributed by atoms with van der Waals surface area (Å²) in [5.74, 6) is 5.91. The number of pyridine rings is 2. The molecule has 0 unspecified atom stereocenters. The molecular weight excluding hydrogens is 829 g/mol. The van der Waals surface area contributed by atoms with E-state index >= 15 is 0 Å². The van der Waals surface area contributed by atoms with Crippen molar-refractivity contribution in [2.24, 2.45) is 0 Å². The van der Waals surface area contributed by atoms with Crippen molar-refractivity contribution in [3.63, 3.8) is 0 Å². The molecule has 47 heavy (non-hydrogen) atoms. The average Bonchev–Trinajstić information content (AvgIpc) is 3.43. The molecule has 0 amide bonds. The zero-order valence-corrected chi connectivity index (χ0v) is 33.7. The molecule has 3 aromatic heterocycles. The van der Waals surface area contributed by atoms with Crippen LogP contribution in [0.1, 0.15) is 58.9 Å². The maximum Gasteiger partial charge on any atom is 0.0347 e. The van der Waals surface area contributed by atoms with E-state index in [1.807, 2.05) is 64.1 Å². The van der Waals surface area contributed by atoms with E-state index in [9.17, 15) is 0 Å². The summed E-state index contributed by atoms with van der Waals surface area (Å²) in [5.41, 5.74) is 7.29. The van der Waals surface area contributed by atoms with Crippen LogP contribution in [-0.2, 0) is 20.1 Å². The summed E-state index contributed by atoms with van der Waals surface area (Å²) in [5, 5.41) is 4.82. The van der Waals surface area contributed by atoms with Crippen LogP contribution >= 0.6 is 11.3 Å². The number of aryl methyl sites for hydroxylation is 1. The van der Waals surface area contributed by atoms with Crippen LogP contribution in [0.4, 0.5) is 0 Å². The molecule has 0 N–H and O–H groups in total. The summed E-state index contributed by atoms with van der Waals surface area (Å²) in [4.78, 5) is 9.21. The van der Waals surface area contributed by atoms with E-state index in [0.29, 0.717) is 0 Å². The zero-order chi connectivity index (χ0) is 34.4. The molecule has 0 fully saturated rings. The number of hydrogen-bond acceptors (Lipinski definition) is 3. The molecule has 0 spiro atoms. The molecule has 2 nitrogen and oxygen atoms in total. The monoisotopic (exact) mass is 875 g/mol. The van der Waals surface area contributed by atoms with Crippen molar-refractivity contribution in [1.29, 1.82) is 0 Å². The van der Waals surface area contributed by atoms with Crippen LogP contribution in [-0.4, -0.2) is 23.2 Å². The average molecular weight is 874 g/mol. The standard InChI is InChI=1S/C27H24NS.C15H18GeN.Ir/c1-16(2)18-8-10-21-20(14-18)9-11-23-22-6-5-7-24(27(22)29-26(21)23)25-15-19(17(3)4)12-13-28-25;1-12-10-15(13-8-6-5-7-9-13)17-11-14(12)16(2,3)4;/h5-6,8-17H,1-4H3;5-8,10-11H,1-4H3;/q2*-1;/i16D,17D;;. The van der Waals surface area contributed by atoms with Gasteiger partial charge in [0.15, 0.2) is 0 Å². The summed E-state index contributed by atoms with van der Waals surface area (Å²) in [6.07, 6.45) is 3.87. The minimum Gasteiger partial charge on any atom is -0.305 e. The third-order valence-corrected chi connectivity index (χ3v) is 14.2. The minimum atomic E-state index is -1.77. The summed E-state index contributed by atoms with van der Waals surface area (Å²) in [6.45, 7) is 9.84. The Hall–Kier alpha value is -3.15. The van der Waals surface area contributed by atoms with Crippen LogP contribution in [0.2, 0.25) is 17.3 Å². The quantitative estimate of drug-likeness (QED) is 0.127. The van der Waals surface area contributed by atoms with E-state index in [1.54, 1.807) is 17.5 Å². The molecule has 0 aliphatic heterocycles. The van der Waals surface area contributed by atoms with Gasteiger partial charge in [0.05, 0.1) is 0 Å². The molecule has 0 saturated carbocycles. The second-order valence-electron chi connectivity index (χ2n) is 13.4. The first-order valence-electron chi connectivity index (χ1n) is 16.8. The Morgan fingerprint density at radius 2 is 1.45 bits per heavy atom. The van der Waals surface area contributed by atoms with Gasteiger partial charge in [-0.15, -0.1) is 23.8 Å². The number of benzene rings is 4. The number of hydrogen-bond donors (Lipinski definition) is 0. The molecule has 4 aromatic carbocycles. The molecule has 0 saturated heterocycles. The van der Waals surface area contributed by atoms with Crippen LogP contribution in [0.3, 0.4) is 0 Å². The van der Waals surface area contributed by atoms with Gasteiger partial charge in [-0.25, -0.2) is 0 Å². The summed E-state index contributed by atoms with van der Waals surface area (Å²) in [7, 11) is 0. The van der Waals surface area contributed by atoms with Crippen molar-refractivity contribution in [2.75, 3.05) is 0 Å². The summed E-state index contributed by atoms with van der Waals surface area (Å²) in [6, 6.07) is 35.6. The molecule has 1 radical (unpaired) electrons. The minimum absolute atomic E-state index is 0. The van der Waals surface area contributed by atoms with Gasteiger partial charge in [-0.05, 0) is 50.0 Å². The number of aromatic nitrogens is 2. The first-order valence-corrected chi connectivity index (χ1v) is 24.0. The van der Waals surface area contributed by atoms with Gasteiger partial charge in [-0.2, -0.15) is 11.3 Å². The fourth-order valence-electron chi connectivity index (χ4n) is 5.95. The summed E-state index contributed by atoms with van der Waals surface area (Å²) < 4.78 is 20.7. The molecule has 0 aliphatic rings. The van der Waals surface area contributed by atoms with E-state index in [0.717, 1.165) is 33.6 Å². The maximum atomic E-state index is 8.39. The Kier molecular flexibility index (Phi) is 10.0. The first-order chi connectivity index (χ1) is 22.6. The SMILES string of the molecule is Cc1cc(-c2[c-]cccc2)nc[c]1[Ge]([CH3])([CH3])[CH3].[2H]C(C)(C)c1ccnc(-c2[c-]ccc3c2sc2c4ccc(C([2H])(C)C)cc4ccc32)c1.[Ir]. The Morgan fingerprint density at radius 1 is 0.723 bits per heavy atom. The predicted molar refractivity (Wildman–Crippen MR) is 203 cm³/mol. The van der Waals surface area contributed by atoms with E-state index in [1.165, 1.54) is 40.9 Å². The third-order valence-electron chi connectivity index (χ3n) is 8.49. The molecule has 3 heterocycles. The van der Waals surface area contributed by atoms with Crippen molar-refractivity contribution >= 4 is 59.9 Å². The van der Waals surface area contributed by atoms with Gasteiger partial charge in [-0.1, -0.05) is 75.0 Å². The molecule has 7 rings (SSSR count). The van der Waals surface area contributed by atoms with Crippen molar-refractivity contribution in [1.82, 2.24) is 9.97 Å². The second-order valence-corrected chi connectivity index (χ2v) is 25.0. The van der Waals surface area contributed by atoms with Crippen LogP contribution < -0.4 is 4.40 Å². The Balaban J connectivity index is 0.000000221. The predicted octanol–water partition coefficient (Wildman–Crippen LogP) is 11.7. The van der Waals surface area contributed by atoms with Crippen LogP contribution in [0.5, 0.6) is 0 Å². The van der Waals surface area contributed by atoms with Crippen molar-refractivity contribution in [2.45, 2.75) is 63.7 Å². The molecule has 0 bridgehead atoms. The fraction of sp³-hybridized carbons (Fsp3) is 0.238. The number of fused-ring (bicyclic) bond motifs is 5.